The number of esters is 8. The van der Waals surface area contributed by atoms with Crippen LogP contribution in [-0.4, -0.2) is 82.9 Å². The van der Waals surface area contributed by atoms with Crippen LogP contribution in [0.2, 0.25) is 0 Å². The van der Waals surface area contributed by atoms with Crippen LogP contribution >= 0.6 is 0 Å². The molecule has 8 aromatic carbocycles. The van der Waals surface area contributed by atoms with Crippen LogP contribution in [0.4, 0.5) is 22.7 Å². The summed E-state index contributed by atoms with van der Waals surface area (Å²) >= 11 is 0. The van der Waals surface area contributed by atoms with E-state index in [0.29, 0.717) is 102 Å². The highest BCUT2D eigenvalue weighted by atomic mass is 16.6. The maximum Gasteiger partial charge on any atom is 0.343 e. The number of carbonyl (C=O) groups excluding carboxylic acids is 14. The molecule has 8 aromatic rings. The third kappa shape index (κ3) is 33.2. The minimum Gasteiger partial charge on any atom is -0.423 e. The summed E-state index contributed by atoms with van der Waals surface area (Å²) in [5, 5.41) is 10.6. The molecule has 118 heavy (non-hydrogen) atoms. The predicted octanol–water partition coefficient (Wildman–Crippen LogP) is 16.9. The Hall–Kier alpha value is -15.9. The van der Waals surface area contributed by atoms with Gasteiger partial charge in [-0.3, -0.25) is 28.8 Å². The third-order valence-corrected chi connectivity index (χ3v) is 14.4. The summed E-state index contributed by atoms with van der Waals surface area (Å²) in [6.07, 6.45) is 0. The number of nitrogens with one attached hydrogen (secondary N) is 4. The lowest BCUT2D eigenvalue weighted by Crippen LogP contribution is -2.15. The van der Waals surface area contributed by atoms with Crippen LogP contribution in [0.5, 0.6) is 46.0 Å². The van der Waals surface area contributed by atoms with Gasteiger partial charge in [0.1, 0.15) is 46.0 Å². The van der Waals surface area contributed by atoms with E-state index in [2.05, 4.69) is 87.1 Å². The van der Waals surface area contributed by atoms with E-state index in [1.807, 2.05) is 0 Å². The van der Waals surface area contributed by atoms with E-state index in [-0.39, 0.29) is 68.5 Å². The van der Waals surface area contributed by atoms with E-state index in [1.54, 1.807) is 152 Å². The second-order valence-electron chi connectivity index (χ2n) is 25.6. The first-order chi connectivity index (χ1) is 55.5. The maximum atomic E-state index is 12.4. The second-order valence-corrected chi connectivity index (χ2v) is 25.6. The zero-order chi connectivity index (χ0) is 88.2. The van der Waals surface area contributed by atoms with Crippen LogP contribution < -0.4 is 59.2 Å². The quantitative estimate of drug-likeness (QED) is 0.0122. The molecule has 4 N–H and O–H groups in total. The average Bonchev–Trinajstić information content (AvgIpc) is 0.838. The lowest BCUT2D eigenvalue weighted by molar-refractivity contribution is -0.130. The van der Waals surface area contributed by atoms with Crippen molar-refractivity contribution in [2.45, 2.75) is 69.2 Å². The molecule has 26 heteroatoms. The molecule has 0 unspecified atom stereocenters. The molecule has 0 spiro atoms. The third-order valence-electron chi connectivity index (χ3n) is 14.4. The van der Waals surface area contributed by atoms with E-state index in [0.717, 1.165) is 0 Å². The molecule has 4 amide bonds. The topological polar surface area (TPSA) is 361 Å². The minimum atomic E-state index is -0.718. The summed E-state index contributed by atoms with van der Waals surface area (Å²) in [6, 6.07) is 48.9. The molecule has 0 radical (unpaired) electrons. The van der Waals surface area contributed by atoms with Crippen LogP contribution in [0.15, 0.2) is 316 Å². The fraction of sp³-hybridized carbons (Fsp3) is 0.109. The lowest BCUT2D eigenvalue weighted by atomic mass is 10.0. The second kappa shape index (κ2) is 46.2. The van der Waals surface area contributed by atoms with E-state index in [1.165, 1.54) is 111 Å². The van der Waals surface area contributed by atoms with Gasteiger partial charge in [-0.05, 0) is 251 Å². The smallest absolute Gasteiger partial charge is 0.343 e. The van der Waals surface area contributed by atoms with Gasteiger partial charge in [0.15, 0.2) is 0 Å². The number of Topliss-reactive ketones (excluding diaryl/α,β-unsaturated/α-hetero) is 2. The Bertz CT molecular complexity index is 4960. The molecule has 0 saturated heterocycles. The number of hydrogen-bond donors (Lipinski definition) is 4. The van der Waals surface area contributed by atoms with Crippen molar-refractivity contribution in [1.82, 2.24) is 0 Å². The molecular formula is C92H86N4O22. The largest absolute Gasteiger partial charge is 0.423 e. The van der Waals surface area contributed by atoms with Crippen LogP contribution in [-0.2, 0) is 47.9 Å². The first kappa shape index (κ1) is 94.5. The molecule has 0 aromatic heterocycles. The van der Waals surface area contributed by atoms with Crippen molar-refractivity contribution in [1.29, 1.82) is 0 Å². The van der Waals surface area contributed by atoms with Crippen molar-refractivity contribution in [2.24, 2.45) is 0 Å². The van der Waals surface area contributed by atoms with Crippen molar-refractivity contribution >= 4 is 106 Å². The van der Waals surface area contributed by atoms with E-state index >= 15 is 0 Å². The number of ketones is 2. The highest BCUT2D eigenvalue weighted by molar-refractivity contribution is 6.49. The molecule has 0 aliphatic heterocycles. The molecule has 0 heterocycles. The van der Waals surface area contributed by atoms with Gasteiger partial charge in [-0.25, -0.2) is 38.4 Å². The first-order valence-electron chi connectivity index (χ1n) is 35.0. The zero-order valence-electron chi connectivity index (χ0n) is 66.5. The molecule has 0 fully saturated rings. The summed E-state index contributed by atoms with van der Waals surface area (Å²) in [5.41, 5.74) is 6.46. The highest BCUT2D eigenvalue weighted by Crippen LogP contribution is 2.25. The number of hydrogen-bond acceptors (Lipinski definition) is 22. The molecule has 606 valence electrons. The molecular weight excluding hydrogens is 1510 g/mol. The van der Waals surface area contributed by atoms with Gasteiger partial charge in [0.2, 0.25) is 11.6 Å². The molecule has 0 atom stereocenters. The van der Waals surface area contributed by atoms with Gasteiger partial charge >= 0.3 is 47.8 Å². The Balaban J connectivity index is 0.000000314. The van der Waals surface area contributed by atoms with E-state index < -0.39 is 59.3 Å². The lowest BCUT2D eigenvalue weighted by Gasteiger charge is -2.08. The summed E-state index contributed by atoms with van der Waals surface area (Å²) in [6.45, 7) is 50.8. The van der Waals surface area contributed by atoms with E-state index in [4.69, 9.17) is 37.9 Å². The number of rotatable bonds is 27. The number of amides is 4. The number of anilines is 4. The van der Waals surface area contributed by atoms with Crippen molar-refractivity contribution < 1.29 is 105 Å². The van der Waals surface area contributed by atoms with E-state index in [9.17, 15) is 67.1 Å². The summed E-state index contributed by atoms with van der Waals surface area (Å²) < 4.78 is 40.8. The highest BCUT2D eigenvalue weighted by Gasteiger charge is 2.21. The van der Waals surface area contributed by atoms with Crippen molar-refractivity contribution in [3.05, 3.63) is 338 Å². The average molecular weight is 1600 g/mol. The first-order valence-corrected chi connectivity index (χ1v) is 35.0. The standard InChI is InChI=1S/C22H18O6.2C21H19NO5.2C14H15NO3/c1-13(2)21(25)27-17-9-5-15(6-10-17)19(23)20(24)16-7-11-18(12-8-16)28-22(26)14(3)4;1-13(2)19(23)22-16-7-11-18(12-8-16)27-21(25)15-5-9-17(10-6-15)26-20(24)14(3)4;1-13(2)19(23)22-16-7-5-15(6-8-16)21(25)27-18-11-9-17(10-12-18)26-20(24)14(3)4;1-9(2)13(16)15-11-5-7-12(8-6-11)18-14(17)10(3)4;1-9(2)13(16)15-11-6-5-7-12(8-11)18-14(17)10(3)4/h5-12H,1,3H2,2,4H3;2*5-12H,1,3H2,2,4H3,(H,22,23);2*5-8H,1,3H2,2,4H3,(H,15,16). The Kier molecular flexibility index (Phi) is 37.0. The Labute approximate surface area is 681 Å². The minimum absolute atomic E-state index is 0.151. The summed E-state index contributed by atoms with van der Waals surface area (Å²) in [4.78, 5) is 163. The predicted molar refractivity (Wildman–Crippen MR) is 447 cm³/mol. The SMILES string of the molecule is C=C(C)C(=O)Nc1ccc(C(=O)Oc2ccc(OC(=O)C(=C)C)cc2)cc1.C=C(C)C(=O)Nc1ccc(OC(=O)C(=C)C)cc1.C=C(C)C(=O)Nc1ccc(OC(=O)c2ccc(OC(=O)C(=C)C)cc2)cc1.C=C(C)C(=O)Nc1cccc(OC(=O)C(=C)C)c1.C=C(C)C(=O)Oc1ccc(C(=O)C(=O)c2ccc(OC(=O)C(=C)C)cc2)cc1. The van der Waals surface area contributed by atoms with Crippen molar-refractivity contribution in [2.75, 3.05) is 21.3 Å². The van der Waals surface area contributed by atoms with Gasteiger partial charge in [0.05, 0.1) is 11.1 Å². The van der Waals surface area contributed by atoms with Crippen LogP contribution in [0.25, 0.3) is 0 Å². The van der Waals surface area contributed by atoms with Gasteiger partial charge in [-0.1, -0.05) is 71.9 Å². The van der Waals surface area contributed by atoms with Crippen molar-refractivity contribution in [3.63, 3.8) is 0 Å². The monoisotopic (exact) mass is 1600 g/mol. The van der Waals surface area contributed by atoms with Gasteiger partial charge in [-0.15, -0.1) is 0 Å². The molecule has 26 nitrogen and oxygen atoms in total. The Morgan fingerprint density at radius 2 is 0.390 bits per heavy atom. The van der Waals surface area contributed by atoms with Crippen LogP contribution in [0.1, 0.15) is 111 Å². The number of benzene rings is 8. The van der Waals surface area contributed by atoms with Gasteiger partial charge in [0, 0.05) is 95.7 Å². The normalized spacial score (nSPS) is 9.75. The van der Waals surface area contributed by atoms with Gasteiger partial charge in [0.25, 0.3) is 23.6 Å². The molecule has 0 aliphatic rings. The number of carbonyl (C=O) groups is 14. The van der Waals surface area contributed by atoms with Crippen LogP contribution in [0.3, 0.4) is 0 Å². The fourth-order valence-corrected chi connectivity index (χ4v) is 7.83. The molecule has 8 rings (SSSR count). The zero-order valence-corrected chi connectivity index (χ0v) is 66.5. The molecule has 0 aliphatic carbocycles. The molecule has 0 bridgehead atoms. The summed E-state index contributed by atoms with van der Waals surface area (Å²) in [7, 11) is 0. The fourth-order valence-electron chi connectivity index (χ4n) is 7.83. The molecule has 0 saturated carbocycles. The van der Waals surface area contributed by atoms with Gasteiger partial charge in [-0.2, -0.15) is 0 Å². The number of ether oxygens (including phenoxy) is 8. The van der Waals surface area contributed by atoms with Gasteiger partial charge < -0.3 is 59.2 Å². The Morgan fingerprint density at radius 3 is 0.627 bits per heavy atom. The summed E-state index contributed by atoms with van der Waals surface area (Å²) in [5.74, 6) is -4.40. The van der Waals surface area contributed by atoms with Crippen molar-refractivity contribution in [3.8, 4) is 46.0 Å². The van der Waals surface area contributed by atoms with Crippen LogP contribution in [0, 0.1) is 0 Å². The maximum absolute atomic E-state index is 12.4. The Morgan fingerprint density at radius 1 is 0.203 bits per heavy atom.